The van der Waals surface area contributed by atoms with Gasteiger partial charge in [0, 0.05) is 19.8 Å². The third-order valence-electron chi connectivity index (χ3n) is 2.30. The van der Waals surface area contributed by atoms with Crippen molar-refractivity contribution in [3.05, 3.63) is 36.2 Å². The standard InChI is InChI=1S/C10H12N4O/c1-3-14-8(4-5-12-14)10(15)9-6-11-7-13(9)2/h4-7H,3H2,1-2H3. The van der Waals surface area contributed by atoms with E-state index in [1.807, 2.05) is 6.92 Å². The van der Waals surface area contributed by atoms with Crippen LogP contribution in [0.25, 0.3) is 0 Å². The normalized spacial score (nSPS) is 10.5. The third-order valence-corrected chi connectivity index (χ3v) is 2.30. The van der Waals surface area contributed by atoms with E-state index >= 15 is 0 Å². The quantitative estimate of drug-likeness (QED) is 0.697. The van der Waals surface area contributed by atoms with E-state index in [0.717, 1.165) is 0 Å². The number of aryl methyl sites for hydroxylation is 2. The molecule has 0 atom stereocenters. The average Bonchev–Trinajstić information content (AvgIpc) is 2.84. The fraction of sp³-hybridized carbons (Fsp3) is 0.300. The fourth-order valence-electron chi connectivity index (χ4n) is 1.48. The summed E-state index contributed by atoms with van der Waals surface area (Å²) in [6.45, 7) is 2.64. The Balaban J connectivity index is 2.41. The number of nitrogens with zero attached hydrogens (tertiary/aromatic N) is 4. The van der Waals surface area contributed by atoms with E-state index in [9.17, 15) is 4.79 Å². The maximum absolute atomic E-state index is 12.0. The molecule has 15 heavy (non-hydrogen) atoms. The molecule has 0 fully saturated rings. The van der Waals surface area contributed by atoms with E-state index in [1.165, 1.54) is 0 Å². The smallest absolute Gasteiger partial charge is 0.228 e. The second-order valence-corrected chi connectivity index (χ2v) is 3.25. The molecule has 5 heteroatoms. The molecule has 0 amide bonds. The molecule has 0 aliphatic heterocycles. The van der Waals surface area contributed by atoms with Gasteiger partial charge in [0.25, 0.3) is 0 Å². The van der Waals surface area contributed by atoms with E-state index in [4.69, 9.17) is 0 Å². The molecule has 0 aromatic carbocycles. The first-order valence-electron chi connectivity index (χ1n) is 4.77. The van der Waals surface area contributed by atoms with Gasteiger partial charge in [-0.1, -0.05) is 0 Å². The fourth-order valence-corrected chi connectivity index (χ4v) is 1.48. The van der Waals surface area contributed by atoms with Gasteiger partial charge in [-0.2, -0.15) is 5.10 Å². The molecular weight excluding hydrogens is 192 g/mol. The predicted molar refractivity (Wildman–Crippen MR) is 54.5 cm³/mol. The Morgan fingerprint density at radius 1 is 1.47 bits per heavy atom. The van der Waals surface area contributed by atoms with Gasteiger partial charge in [0.1, 0.15) is 11.4 Å². The van der Waals surface area contributed by atoms with Gasteiger partial charge in [0.15, 0.2) is 0 Å². The second-order valence-electron chi connectivity index (χ2n) is 3.25. The van der Waals surface area contributed by atoms with Crippen molar-refractivity contribution < 1.29 is 4.79 Å². The van der Waals surface area contributed by atoms with Crippen LogP contribution in [0, 0.1) is 0 Å². The Hall–Kier alpha value is -1.91. The number of aromatic nitrogens is 4. The topological polar surface area (TPSA) is 52.7 Å². The van der Waals surface area contributed by atoms with Crippen molar-refractivity contribution in [2.75, 3.05) is 0 Å². The van der Waals surface area contributed by atoms with Gasteiger partial charge in [-0.3, -0.25) is 9.48 Å². The third kappa shape index (κ3) is 1.56. The van der Waals surface area contributed by atoms with Crippen molar-refractivity contribution in [2.24, 2.45) is 7.05 Å². The number of rotatable bonds is 3. The van der Waals surface area contributed by atoms with Crippen LogP contribution >= 0.6 is 0 Å². The number of imidazole rings is 1. The van der Waals surface area contributed by atoms with Gasteiger partial charge in [-0.25, -0.2) is 4.98 Å². The molecule has 2 aromatic rings. The van der Waals surface area contributed by atoms with Crippen molar-refractivity contribution in [1.29, 1.82) is 0 Å². The molecule has 0 saturated carbocycles. The maximum atomic E-state index is 12.0. The zero-order valence-electron chi connectivity index (χ0n) is 8.71. The van der Waals surface area contributed by atoms with Crippen LogP contribution in [0.5, 0.6) is 0 Å². The molecule has 0 radical (unpaired) electrons. The molecule has 0 spiro atoms. The minimum absolute atomic E-state index is 0.0469. The minimum atomic E-state index is -0.0469. The zero-order valence-corrected chi connectivity index (χ0v) is 8.71. The molecule has 2 rings (SSSR count). The van der Waals surface area contributed by atoms with Crippen LogP contribution in [-0.4, -0.2) is 25.1 Å². The van der Waals surface area contributed by atoms with Crippen molar-refractivity contribution in [3.63, 3.8) is 0 Å². The first-order chi connectivity index (χ1) is 7.24. The first-order valence-corrected chi connectivity index (χ1v) is 4.77. The van der Waals surface area contributed by atoms with Crippen LogP contribution in [0.3, 0.4) is 0 Å². The van der Waals surface area contributed by atoms with Gasteiger partial charge in [-0.05, 0) is 13.0 Å². The Kier molecular flexibility index (Phi) is 2.37. The lowest BCUT2D eigenvalue weighted by Crippen LogP contribution is -2.13. The van der Waals surface area contributed by atoms with Crippen LogP contribution in [0.15, 0.2) is 24.8 Å². The summed E-state index contributed by atoms with van der Waals surface area (Å²) in [5.41, 5.74) is 1.17. The van der Waals surface area contributed by atoms with E-state index in [0.29, 0.717) is 17.9 Å². The van der Waals surface area contributed by atoms with Gasteiger partial charge in [-0.15, -0.1) is 0 Å². The Morgan fingerprint density at radius 2 is 2.27 bits per heavy atom. The summed E-state index contributed by atoms with van der Waals surface area (Å²) >= 11 is 0. The van der Waals surface area contributed by atoms with Crippen LogP contribution in [-0.2, 0) is 13.6 Å². The monoisotopic (exact) mass is 204 g/mol. The SMILES string of the molecule is CCn1nccc1C(=O)c1cncn1C. The lowest BCUT2D eigenvalue weighted by Gasteiger charge is -2.03. The average molecular weight is 204 g/mol. The summed E-state index contributed by atoms with van der Waals surface area (Å²) in [6, 6.07) is 1.72. The predicted octanol–water partition coefficient (Wildman–Crippen LogP) is 0.867. The molecule has 78 valence electrons. The molecule has 0 N–H and O–H groups in total. The molecule has 0 unspecified atom stereocenters. The van der Waals surface area contributed by atoms with E-state index in [2.05, 4.69) is 10.1 Å². The number of ketones is 1. The van der Waals surface area contributed by atoms with Crippen molar-refractivity contribution >= 4 is 5.78 Å². The number of carbonyl (C=O) groups excluding carboxylic acids is 1. The molecule has 2 heterocycles. The van der Waals surface area contributed by atoms with Gasteiger partial charge >= 0.3 is 0 Å². The van der Waals surface area contributed by atoms with Gasteiger partial charge in [0.2, 0.25) is 5.78 Å². The second kappa shape index (κ2) is 3.68. The Bertz CT molecular complexity index is 483. The summed E-state index contributed by atoms with van der Waals surface area (Å²) in [4.78, 5) is 16.0. The lowest BCUT2D eigenvalue weighted by molar-refractivity contribution is 0.102. The highest BCUT2D eigenvalue weighted by Gasteiger charge is 2.16. The summed E-state index contributed by atoms with van der Waals surface area (Å²) in [7, 11) is 1.80. The number of hydrogen-bond acceptors (Lipinski definition) is 3. The summed E-state index contributed by atoms with van der Waals surface area (Å²) < 4.78 is 3.38. The van der Waals surface area contributed by atoms with Crippen molar-refractivity contribution in [3.8, 4) is 0 Å². The summed E-state index contributed by atoms with van der Waals surface area (Å²) in [5, 5.41) is 4.06. The highest BCUT2D eigenvalue weighted by atomic mass is 16.1. The molecule has 5 nitrogen and oxygen atoms in total. The molecular formula is C10H12N4O. The summed E-state index contributed by atoms with van der Waals surface area (Å²) in [5.74, 6) is -0.0469. The largest absolute Gasteiger partial charge is 0.331 e. The highest BCUT2D eigenvalue weighted by molar-refractivity contribution is 6.06. The van der Waals surface area contributed by atoms with Crippen molar-refractivity contribution in [2.45, 2.75) is 13.5 Å². The van der Waals surface area contributed by atoms with Gasteiger partial charge < -0.3 is 4.57 Å². The Morgan fingerprint density at radius 3 is 2.87 bits per heavy atom. The number of hydrogen-bond donors (Lipinski definition) is 0. The van der Waals surface area contributed by atoms with E-state index < -0.39 is 0 Å². The molecule has 0 saturated heterocycles. The van der Waals surface area contributed by atoms with Crippen LogP contribution in [0.2, 0.25) is 0 Å². The van der Waals surface area contributed by atoms with Crippen LogP contribution in [0.1, 0.15) is 23.1 Å². The van der Waals surface area contributed by atoms with Crippen LogP contribution < -0.4 is 0 Å². The zero-order chi connectivity index (χ0) is 10.8. The van der Waals surface area contributed by atoms with E-state index in [-0.39, 0.29) is 5.78 Å². The minimum Gasteiger partial charge on any atom is -0.331 e. The van der Waals surface area contributed by atoms with Gasteiger partial charge in [0.05, 0.1) is 12.5 Å². The molecule has 0 aliphatic rings. The summed E-state index contributed by atoms with van der Waals surface area (Å²) in [6.07, 6.45) is 4.81. The first kappa shape index (κ1) is 9.64. The van der Waals surface area contributed by atoms with Crippen molar-refractivity contribution in [1.82, 2.24) is 19.3 Å². The molecule has 0 aliphatic carbocycles. The molecule has 2 aromatic heterocycles. The highest BCUT2D eigenvalue weighted by Crippen LogP contribution is 2.08. The lowest BCUT2D eigenvalue weighted by atomic mass is 10.2. The maximum Gasteiger partial charge on any atom is 0.228 e. The van der Waals surface area contributed by atoms with E-state index in [1.54, 1.807) is 41.1 Å². The number of carbonyl (C=O) groups is 1. The Labute approximate surface area is 87.4 Å². The van der Waals surface area contributed by atoms with Crippen LogP contribution in [0.4, 0.5) is 0 Å². The molecule has 0 bridgehead atoms.